The summed E-state index contributed by atoms with van der Waals surface area (Å²) in [6, 6.07) is 11.1. The number of fused-ring (bicyclic) bond motifs is 1. The van der Waals surface area contributed by atoms with Crippen molar-refractivity contribution in [3.63, 3.8) is 0 Å². The maximum absolute atomic E-state index is 6.15. The van der Waals surface area contributed by atoms with Crippen molar-refractivity contribution in [1.82, 2.24) is 20.3 Å². The van der Waals surface area contributed by atoms with Crippen LogP contribution in [-0.4, -0.2) is 72.4 Å². The van der Waals surface area contributed by atoms with Crippen LogP contribution in [0.25, 0.3) is 0 Å². The van der Waals surface area contributed by atoms with Crippen LogP contribution in [0.1, 0.15) is 35.9 Å². The highest BCUT2D eigenvalue weighted by Gasteiger charge is 2.41. The molecule has 0 radical (unpaired) electrons. The Bertz CT molecular complexity index is 847. The van der Waals surface area contributed by atoms with E-state index in [4.69, 9.17) is 14.3 Å². The van der Waals surface area contributed by atoms with E-state index >= 15 is 0 Å². The Morgan fingerprint density at radius 2 is 2.06 bits per heavy atom. The van der Waals surface area contributed by atoms with E-state index in [1.54, 1.807) is 0 Å². The first-order valence-corrected chi connectivity index (χ1v) is 11.5. The summed E-state index contributed by atoms with van der Waals surface area (Å²) in [5.41, 5.74) is 3.58. The molecule has 2 atom stereocenters. The van der Waals surface area contributed by atoms with Crippen LogP contribution in [0.4, 0.5) is 0 Å². The molecular formula is C24H35N5O2. The minimum atomic E-state index is 0.239. The van der Waals surface area contributed by atoms with Gasteiger partial charge in [-0.25, -0.2) is 0 Å². The van der Waals surface area contributed by atoms with Gasteiger partial charge in [-0.1, -0.05) is 35.5 Å². The molecule has 7 nitrogen and oxygen atoms in total. The van der Waals surface area contributed by atoms with Gasteiger partial charge in [0.05, 0.1) is 24.4 Å². The predicted octanol–water partition coefficient (Wildman–Crippen LogP) is 2.77. The maximum Gasteiger partial charge on any atom is 0.194 e. The number of hydrogen-bond donors (Lipinski definition) is 1. The number of morpholine rings is 1. The van der Waals surface area contributed by atoms with Crippen molar-refractivity contribution < 1.29 is 9.26 Å². The Labute approximate surface area is 185 Å². The molecule has 2 saturated heterocycles. The van der Waals surface area contributed by atoms with Crippen LogP contribution in [0.3, 0.4) is 0 Å². The highest BCUT2D eigenvalue weighted by Crippen LogP contribution is 2.25. The van der Waals surface area contributed by atoms with Crippen LogP contribution < -0.4 is 5.32 Å². The van der Waals surface area contributed by atoms with Crippen molar-refractivity contribution >= 4 is 5.96 Å². The van der Waals surface area contributed by atoms with Gasteiger partial charge in [0, 0.05) is 44.8 Å². The summed E-state index contributed by atoms with van der Waals surface area (Å²) in [6.45, 7) is 12.4. The molecule has 0 amide bonds. The molecule has 168 valence electrons. The Morgan fingerprint density at radius 1 is 1.23 bits per heavy atom. The molecule has 31 heavy (non-hydrogen) atoms. The Morgan fingerprint density at radius 3 is 2.81 bits per heavy atom. The summed E-state index contributed by atoms with van der Waals surface area (Å²) in [7, 11) is 0. The Kier molecular flexibility index (Phi) is 7.25. The number of nitrogens with one attached hydrogen (secondary N) is 1. The average molecular weight is 426 g/mol. The van der Waals surface area contributed by atoms with Gasteiger partial charge in [-0.3, -0.25) is 9.89 Å². The molecule has 2 aliphatic rings. The first-order chi connectivity index (χ1) is 15.2. The van der Waals surface area contributed by atoms with Crippen molar-refractivity contribution in [1.29, 1.82) is 0 Å². The summed E-state index contributed by atoms with van der Waals surface area (Å²) in [5, 5.41) is 7.54. The third-order valence-electron chi connectivity index (χ3n) is 6.31. The van der Waals surface area contributed by atoms with E-state index in [1.807, 2.05) is 13.8 Å². The molecule has 2 aromatic rings. The van der Waals surface area contributed by atoms with Gasteiger partial charge in [-0.2, -0.15) is 0 Å². The number of nitrogens with zero attached hydrogens (tertiary/aromatic N) is 4. The molecule has 2 aliphatic heterocycles. The van der Waals surface area contributed by atoms with Gasteiger partial charge < -0.3 is 19.5 Å². The summed E-state index contributed by atoms with van der Waals surface area (Å²) >= 11 is 0. The number of benzene rings is 1. The van der Waals surface area contributed by atoms with Crippen molar-refractivity contribution in [2.24, 2.45) is 4.99 Å². The van der Waals surface area contributed by atoms with Crippen LogP contribution in [0, 0.1) is 13.8 Å². The monoisotopic (exact) mass is 425 g/mol. The molecule has 0 bridgehead atoms. The zero-order chi connectivity index (χ0) is 21.6. The summed E-state index contributed by atoms with van der Waals surface area (Å²) in [4.78, 5) is 9.87. The molecule has 2 fully saturated rings. The second-order valence-corrected chi connectivity index (χ2v) is 8.48. The molecule has 1 aromatic carbocycles. The number of ether oxygens (including phenoxy) is 1. The second-order valence-electron chi connectivity index (χ2n) is 8.48. The van der Waals surface area contributed by atoms with Crippen LogP contribution in [0.5, 0.6) is 0 Å². The molecule has 2 unspecified atom stereocenters. The number of guanidine groups is 1. The van der Waals surface area contributed by atoms with Crippen LogP contribution in [0.15, 0.2) is 39.8 Å². The zero-order valence-electron chi connectivity index (χ0n) is 19.0. The molecule has 0 aliphatic carbocycles. The first kappa shape index (κ1) is 21.8. The number of hydrogen-bond acceptors (Lipinski definition) is 5. The standard InChI is InChI=1S/C24H35N5O2/c1-4-25-24(26-12-8-11-21-18(2)27-31-19(21)3)29-16-22-23(17-29)30-14-13-28(22)15-20-9-6-5-7-10-20/h5-7,9-10,22-23H,4,8,11-17H2,1-3H3,(H,25,26). The van der Waals surface area contributed by atoms with Crippen LogP contribution in [-0.2, 0) is 17.7 Å². The molecule has 7 heteroatoms. The highest BCUT2D eigenvalue weighted by molar-refractivity contribution is 5.80. The van der Waals surface area contributed by atoms with E-state index in [0.717, 1.165) is 76.1 Å². The van der Waals surface area contributed by atoms with Gasteiger partial charge in [0.1, 0.15) is 5.76 Å². The maximum atomic E-state index is 6.15. The lowest BCUT2D eigenvalue weighted by atomic mass is 10.1. The third-order valence-corrected chi connectivity index (χ3v) is 6.31. The Hall–Kier alpha value is -2.38. The number of aryl methyl sites for hydroxylation is 2. The fourth-order valence-electron chi connectivity index (χ4n) is 4.67. The molecule has 1 aromatic heterocycles. The van der Waals surface area contributed by atoms with Crippen molar-refractivity contribution in [2.75, 3.05) is 39.3 Å². The number of aromatic nitrogens is 1. The number of likely N-dealkylation sites (tertiary alicyclic amines) is 1. The van der Waals surface area contributed by atoms with E-state index in [1.165, 1.54) is 11.1 Å². The largest absolute Gasteiger partial charge is 0.373 e. The Balaban J connectivity index is 1.36. The van der Waals surface area contributed by atoms with Crippen molar-refractivity contribution in [2.45, 2.75) is 52.3 Å². The molecule has 3 heterocycles. The van der Waals surface area contributed by atoms with Crippen LogP contribution >= 0.6 is 0 Å². The first-order valence-electron chi connectivity index (χ1n) is 11.5. The third kappa shape index (κ3) is 5.28. The van der Waals surface area contributed by atoms with Gasteiger partial charge in [0.25, 0.3) is 0 Å². The van der Waals surface area contributed by atoms with Crippen molar-refractivity contribution in [3.05, 3.63) is 52.9 Å². The predicted molar refractivity (Wildman–Crippen MR) is 122 cm³/mol. The summed E-state index contributed by atoms with van der Waals surface area (Å²) in [5.74, 6) is 1.92. The lowest BCUT2D eigenvalue weighted by Crippen LogP contribution is -2.50. The quantitative estimate of drug-likeness (QED) is 0.418. The average Bonchev–Trinajstić information content (AvgIpc) is 3.35. The second kappa shape index (κ2) is 10.3. The topological polar surface area (TPSA) is 66.1 Å². The van der Waals surface area contributed by atoms with Gasteiger partial charge in [0.15, 0.2) is 5.96 Å². The fraction of sp³-hybridized carbons (Fsp3) is 0.583. The van der Waals surface area contributed by atoms with Gasteiger partial charge in [-0.15, -0.1) is 0 Å². The minimum Gasteiger partial charge on any atom is -0.373 e. The minimum absolute atomic E-state index is 0.239. The summed E-state index contributed by atoms with van der Waals surface area (Å²) in [6.07, 6.45) is 2.17. The molecule has 0 saturated carbocycles. The lowest BCUT2D eigenvalue weighted by Gasteiger charge is -2.36. The van der Waals surface area contributed by atoms with E-state index in [9.17, 15) is 0 Å². The fourth-order valence-corrected chi connectivity index (χ4v) is 4.67. The molecule has 0 spiro atoms. The van der Waals surface area contributed by atoms with E-state index < -0.39 is 0 Å². The van der Waals surface area contributed by atoms with Gasteiger partial charge in [-0.05, 0) is 39.2 Å². The normalized spacial score (nSPS) is 22.0. The SMILES string of the molecule is CCNC(=NCCCc1c(C)noc1C)N1CC2OCCN(Cc3ccccc3)C2C1. The lowest BCUT2D eigenvalue weighted by molar-refractivity contribution is -0.0502. The molecular weight excluding hydrogens is 390 g/mol. The zero-order valence-corrected chi connectivity index (χ0v) is 19.0. The van der Waals surface area contributed by atoms with E-state index in [-0.39, 0.29) is 6.10 Å². The summed E-state index contributed by atoms with van der Waals surface area (Å²) < 4.78 is 11.4. The molecule has 4 rings (SSSR count). The van der Waals surface area contributed by atoms with E-state index in [0.29, 0.717) is 6.04 Å². The highest BCUT2D eigenvalue weighted by atomic mass is 16.5. The van der Waals surface area contributed by atoms with Crippen molar-refractivity contribution in [3.8, 4) is 0 Å². The van der Waals surface area contributed by atoms with E-state index in [2.05, 4.69) is 57.5 Å². The van der Waals surface area contributed by atoms with Crippen LogP contribution in [0.2, 0.25) is 0 Å². The molecule has 1 N–H and O–H groups in total. The van der Waals surface area contributed by atoms with Gasteiger partial charge in [0.2, 0.25) is 0 Å². The number of aliphatic imine (C=N–C) groups is 1. The smallest absolute Gasteiger partial charge is 0.194 e. The number of rotatable bonds is 7. The van der Waals surface area contributed by atoms with Gasteiger partial charge >= 0.3 is 0 Å².